The molecule has 0 rings (SSSR count). The molecule has 0 heterocycles. The minimum absolute atomic E-state index is 0.147. The molecule has 2 unspecified atom stereocenters. The number of urea groups is 1. The number of carbonyl (C=O) groups excluding carboxylic acids is 1. The van der Waals surface area contributed by atoms with Gasteiger partial charge in [0.1, 0.15) is 0 Å². The maximum atomic E-state index is 11.5. The molecule has 0 saturated carbocycles. The maximum absolute atomic E-state index is 11.5. The first-order valence-corrected chi connectivity index (χ1v) is 6.57. The number of nitrogens with one attached hydrogen (secondary N) is 2. The lowest BCUT2D eigenvalue weighted by atomic mass is 10.1. The van der Waals surface area contributed by atoms with E-state index in [0.29, 0.717) is 18.9 Å². The molecule has 2 atom stereocenters. The fraction of sp³-hybridized carbons (Fsp3) is 0.846. The van der Waals surface area contributed by atoms with E-state index in [-0.39, 0.29) is 24.4 Å². The molecule has 3 N–H and O–H groups in total. The second-order valence-electron chi connectivity index (χ2n) is 5.42. The lowest BCUT2D eigenvalue weighted by Crippen LogP contribution is -2.42. The van der Waals surface area contributed by atoms with Crippen molar-refractivity contribution in [1.82, 2.24) is 10.6 Å². The van der Waals surface area contributed by atoms with Crippen LogP contribution in [0.25, 0.3) is 0 Å². The van der Waals surface area contributed by atoms with Crippen molar-refractivity contribution >= 4 is 12.0 Å². The monoisotopic (exact) mass is 258 g/mol. The molecule has 0 saturated heterocycles. The molecule has 0 aliphatic rings. The van der Waals surface area contributed by atoms with Crippen molar-refractivity contribution in [2.75, 3.05) is 6.54 Å². The molecule has 0 aromatic heterocycles. The Balaban J connectivity index is 3.72. The largest absolute Gasteiger partial charge is 0.481 e. The summed E-state index contributed by atoms with van der Waals surface area (Å²) >= 11 is 0. The number of hydrogen-bond acceptors (Lipinski definition) is 2. The zero-order valence-corrected chi connectivity index (χ0v) is 11.8. The molecule has 5 nitrogen and oxygen atoms in total. The van der Waals surface area contributed by atoms with Crippen LogP contribution in [0.5, 0.6) is 0 Å². The van der Waals surface area contributed by atoms with Crippen LogP contribution in [0, 0.1) is 11.8 Å². The van der Waals surface area contributed by atoms with E-state index in [1.165, 1.54) is 0 Å². The highest BCUT2D eigenvalue weighted by Gasteiger charge is 2.10. The normalized spacial score (nSPS) is 14.1. The molecule has 0 aliphatic heterocycles. The number of carbonyl (C=O) groups is 2. The molecule has 5 heteroatoms. The quantitative estimate of drug-likeness (QED) is 0.624. The highest BCUT2D eigenvalue weighted by Crippen LogP contribution is 2.05. The summed E-state index contributed by atoms with van der Waals surface area (Å²) in [5, 5.41) is 14.2. The highest BCUT2D eigenvalue weighted by molar-refractivity contribution is 5.74. The Hall–Kier alpha value is -1.26. The average molecular weight is 258 g/mol. The van der Waals surface area contributed by atoms with Crippen molar-refractivity contribution < 1.29 is 14.7 Å². The van der Waals surface area contributed by atoms with Gasteiger partial charge in [-0.25, -0.2) is 4.79 Å². The summed E-state index contributed by atoms with van der Waals surface area (Å²) in [5.41, 5.74) is 0. The van der Waals surface area contributed by atoms with Crippen LogP contribution < -0.4 is 10.6 Å². The van der Waals surface area contributed by atoms with Gasteiger partial charge in [0.2, 0.25) is 0 Å². The van der Waals surface area contributed by atoms with Crippen LogP contribution in [-0.2, 0) is 4.79 Å². The van der Waals surface area contributed by atoms with Gasteiger partial charge < -0.3 is 15.7 Å². The molecule has 2 amide bonds. The number of rotatable bonds is 8. The first-order valence-electron chi connectivity index (χ1n) is 6.57. The van der Waals surface area contributed by atoms with Gasteiger partial charge in [-0.1, -0.05) is 20.8 Å². The summed E-state index contributed by atoms with van der Waals surface area (Å²) in [4.78, 5) is 21.9. The van der Waals surface area contributed by atoms with Crippen LogP contribution in [0.2, 0.25) is 0 Å². The Labute approximate surface area is 109 Å². The van der Waals surface area contributed by atoms with Gasteiger partial charge in [0.25, 0.3) is 0 Å². The lowest BCUT2D eigenvalue weighted by molar-refractivity contribution is -0.137. The molecule has 0 bridgehead atoms. The Bertz CT molecular complexity index is 267. The SMILES string of the molecule is CC(C)CC(C)NC(=O)NCC(C)CCC(=O)O. The molecule has 18 heavy (non-hydrogen) atoms. The van der Waals surface area contributed by atoms with Crippen molar-refractivity contribution in [3.63, 3.8) is 0 Å². The Kier molecular flexibility index (Phi) is 8.16. The summed E-state index contributed by atoms with van der Waals surface area (Å²) in [6.07, 6.45) is 1.67. The van der Waals surface area contributed by atoms with Crippen LogP contribution in [0.4, 0.5) is 4.79 Å². The summed E-state index contributed by atoms with van der Waals surface area (Å²) in [6.45, 7) is 8.65. The van der Waals surface area contributed by atoms with Gasteiger partial charge in [-0.3, -0.25) is 4.79 Å². The van der Waals surface area contributed by atoms with E-state index in [4.69, 9.17) is 5.11 Å². The molecular weight excluding hydrogens is 232 g/mol. The zero-order valence-electron chi connectivity index (χ0n) is 11.8. The smallest absolute Gasteiger partial charge is 0.315 e. The summed E-state index contributed by atoms with van der Waals surface area (Å²) in [5.74, 6) is -0.0705. The lowest BCUT2D eigenvalue weighted by Gasteiger charge is -2.17. The Morgan fingerprint density at radius 3 is 2.28 bits per heavy atom. The van der Waals surface area contributed by atoms with Gasteiger partial charge in [-0.2, -0.15) is 0 Å². The van der Waals surface area contributed by atoms with E-state index in [9.17, 15) is 9.59 Å². The van der Waals surface area contributed by atoms with Crippen LogP contribution in [-0.4, -0.2) is 29.7 Å². The standard InChI is InChI=1S/C13H26N2O3/c1-9(2)7-11(4)15-13(18)14-8-10(3)5-6-12(16)17/h9-11H,5-8H2,1-4H3,(H,16,17)(H2,14,15,18). The highest BCUT2D eigenvalue weighted by atomic mass is 16.4. The zero-order chi connectivity index (χ0) is 14.1. The van der Waals surface area contributed by atoms with Crippen LogP contribution >= 0.6 is 0 Å². The first kappa shape index (κ1) is 16.7. The molecule has 0 aliphatic carbocycles. The van der Waals surface area contributed by atoms with Crippen LogP contribution in [0.3, 0.4) is 0 Å². The third-order valence-electron chi connectivity index (χ3n) is 2.66. The minimum Gasteiger partial charge on any atom is -0.481 e. The second kappa shape index (κ2) is 8.78. The molecule has 106 valence electrons. The molecule has 0 radical (unpaired) electrons. The third-order valence-corrected chi connectivity index (χ3v) is 2.66. The van der Waals surface area contributed by atoms with E-state index in [1.807, 2.05) is 13.8 Å². The van der Waals surface area contributed by atoms with Crippen molar-refractivity contribution in [3.05, 3.63) is 0 Å². The number of hydrogen-bond donors (Lipinski definition) is 3. The van der Waals surface area contributed by atoms with E-state index in [2.05, 4.69) is 24.5 Å². The van der Waals surface area contributed by atoms with Crippen molar-refractivity contribution in [1.29, 1.82) is 0 Å². The average Bonchev–Trinajstić information content (AvgIpc) is 2.22. The molecule has 0 aromatic carbocycles. The summed E-state index contributed by atoms with van der Waals surface area (Å²) in [6, 6.07) is -0.0235. The number of amides is 2. The number of carboxylic acids is 1. The number of aliphatic carboxylic acids is 1. The molecule has 0 spiro atoms. The Morgan fingerprint density at radius 1 is 1.17 bits per heavy atom. The fourth-order valence-electron chi connectivity index (χ4n) is 1.78. The number of carboxylic acid groups (broad SMARTS) is 1. The molecule has 0 aromatic rings. The maximum Gasteiger partial charge on any atom is 0.315 e. The second-order valence-corrected chi connectivity index (χ2v) is 5.42. The third kappa shape index (κ3) is 9.93. The predicted octanol–water partition coefficient (Wildman–Crippen LogP) is 2.22. The predicted molar refractivity (Wildman–Crippen MR) is 71.5 cm³/mol. The van der Waals surface area contributed by atoms with Gasteiger partial charge in [0.15, 0.2) is 0 Å². The van der Waals surface area contributed by atoms with E-state index in [1.54, 1.807) is 0 Å². The van der Waals surface area contributed by atoms with E-state index < -0.39 is 5.97 Å². The fourth-order valence-corrected chi connectivity index (χ4v) is 1.78. The summed E-state index contributed by atoms with van der Waals surface area (Å²) in [7, 11) is 0. The van der Waals surface area contributed by atoms with Crippen LogP contribution in [0.15, 0.2) is 0 Å². The van der Waals surface area contributed by atoms with Gasteiger partial charge in [-0.15, -0.1) is 0 Å². The summed E-state index contributed by atoms with van der Waals surface area (Å²) < 4.78 is 0. The topological polar surface area (TPSA) is 78.4 Å². The van der Waals surface area contributed by atoms with Gasteiger partial charge in [-0.05, 0) is 31.6 Å². The van der Waals surface area contributed by atoms with Gasteiger partial charge >= 0.3 is 12.0 Å². The Morgan fingerprint density at radius 2 is 1.78 bits per heavy atom. The molecular formula is C13H26N2O3. The van der Waals surface area contributed by atoms with E-state index in [0.717, 1.165) is 6.42 Å². The van der Waals surface area contributed by atoms with Crippen molar-refractivity contribution in [2.24, 2.45) is 11.8 Å². The van der Waals surface area contributed by atoms with Gasteiger partial charge in [0.05, 0.1) is 0 Å². The van der Waals surface area contributed by atoms with Crippen molar-refractivity contribution in [3.8, 4) is 0 Å². The first-order chi connectivity index (χ1) is 8.31. The van der Waals surface area contributed by atoms with Gasteiger partial charge in [0, 0.05) is 19.0 Å². The minimum atomic E-state index is -0.795. The van der Waals surface area contributed by atoms with Crippen LogP contribution in [0.1, 0.15) is 47.0 Å². The molecule has 0 fully saturated rings. The van der Waals surface area contributed by atoms with Crippen molar-refractivity contribution in [2.45, 2.75) is 53.0 Å². The van der Waals surface area contributed by atoms with E-state index >= 15 is 0 Å².